The Kier molecular flexibility index (Phi) is 4.09. The Morgan fingerprint density at radius 3 is 2.71 bits per heavy atom. The highest BCUT2D eigenvalue weighted by molar-refractivity contribution is 5.99. The van der Waals surface area contributed by atoms with E-state index in [1.165, 1.54) is 4.57 Å². The van der Waals surface area contributed by atoms with Crippen molar-refractivity contribution in [3.63, 3.8) is 0 Å². The van der Waals surface area contributed by atoms with Crippen LogP contribution >= 0.6 is 0 Å². The molecule has 7 nitrogen and oxygen atoms in total. The van der Waals surface area contributed by atoms with E-state index < -0.39 is 11.9 Å². The van der Waals surface area contributed by atoms with Gasteiger partial charge in [0.15, 0.2) is 0 Å². The summed E-state index contributed by atoms with van der Waals surface area (Å²) in [6.45, 7) is 5.73. The van der Waals surface area contributed by atoms with Gasteiger partial charge in [0, 0.05) is 18.2 Å². The van der Waals surface area contributed by atoms with Crippen LogP contribution in [0.25, 0.3) is 10.9 Å². The maximum Gasteiger partial charge on any atom is 0.262 e. The van der Waals surface area contributed by atoms with Gasteiger partial charge in [-0.15, -0.1) is 0 Å². The van der Waals surface area contributed by atoms with Crippen molar-refractivity contribution < 1.29 is 9.59 Å². The molecule has 0 aliphatic carbocycles. The largest absolute Gasteiger partial charge is 0.383 e. The lowest BCUT2D eigenvalue weighted by atomic mass is 10.1. The monoisotopic (exact) mass is 328 g/mol. The molecule has 2 aromatic rings. The summed E-state index contributed by atoms with van der Waals surface area (Å²) < 4.78 is 1.39. The number of carbonyl (C=O) groups excluding carboxylic acids is 2. The first kappa shape index (κ1) is 16.2. The van der Waals surface area contributed by atoms with Gasteiger partial charge >= 0.3 is 0 Å². The highest BCUT2D eigenvalue weighted by atomic mass is 16.2. The summed E-state index contributed by atoms with van der Waals surface area (Å²) in [5.41, 5.74) is 1.16. The van der Waals surface area contributed by atoms with Crippen LogP contribution in [-0.2, 0) is 9.59 Å². The summed E-state index contributed by atoms with van der Waals surface area (Å²) in [5.74, 6) is -0.292. The predicted molar refractivity (Wildman–Crippen MR) is 90.9 cm³/mol. The van der Waals surface area contributed by atoms with Crippen LogP contribution in [0.3, 0.4) is 0 Å². The number of imide groups is 1. The molecule has 1 aromatic carbocycles. The van der Waals surface area contributed by atoms with Crippen molar-refractivity contribution in [2.24, 2.45) is 0 Å². The number of nitrogens with one attached hydrogen (secondary N) is 2. The quantitative estimate of drug-likeness (QED) is 0.833. The van der Waals surface area contributed by atoms with Gasteiger partial charge in [-0.1, -0.05) is 0 Å². The van der Waals surface area contributed by atoms with Gasteiger partial charge in [-0.25, -0.2) is 4.98 Å². The Bertz CT molecular complexity index is 885. The fraction of sp³-hybridized carbons (Fsp3) is 0.412. The maximum atomic E-state index is 12.9. The molecule has 2 amide bonds. The minimum Gasteiger partial charge on any atom is -0.383 e. The van der Waals surface area contributed by atoms with Crippen LogP contribution in [0.5, 0.6) is 0 Å². The second-order valence-electron chi connectivity index (χ2n) is 6.33. The molecule has 1 saturated heterocycles. The molecule has 1 aliphatic heterocycles. The van der Waals surface area contributed by atoms with Gasteiger partial charge < -0.3 is 5.32 Å². The van der Waals surface area contributed by atoms with E-state index in [9.17, 15) is 14.4 Å². The number of amides is 2. The van der Waals surface area contributed by atoms with Gasteiger partial charge in [0.1, 0.15) is 11.9 Å². The average Bonchev–Trinajstić information content (AvgIpc) is 2.49. The lowest BCUT2D eigenvalue weighted by molar-refractivity contribution is -0.135. The zero-order chi connectivity index (χ0) is 17.4. The van der Waals surface area contributed by atoms with Crippen molar-refractivity contribution >= 4 is 28.4 Å². The average molecular weight is 328 g/mol. The van der Waals surface area contributed by atoms with Gasteiger partial charge in [-0.3, -0.25) is 24.3 Å². The molecule has 24 heavy (non-hydrogen) atoms. The van der Waals surface area contributed by atoms with Gasteiger partial charge in [0.05, 0.1) is 10.9 Å². The van der Waals surface area contributed by atoms with Gasteiger partial charge in [0.2, 0.25) is 11.8 Å². The second-order valence-corrected chi connectivity index (χ2v) is 6.33. The minimum atomic E-state index is -0.700. The molecule has 1 fully saturated rings. The zero-order valence-electron chi connectivity index (χ0n) is 13.9. The predicted octanol–water partition coefficient (Wildman–Crippen LogP) is 1.50. The first-order valence-electron chi connectivity index (χ1n) is 8.00. The summed E-state index contributed by atoms with van der Waals surface area (Å²) >= 11 is 0. The normalized spacial score (nSPS) is 18.1. The van der Waals surface area contributed by atoms with Crippen molar-refractivity contribution in [1.29, 1.82) is 0 Å². The number of hydrogen-bond donors (Lipinski definition) is 2. The number of aromatic nitrogens is 2. The number of benzene rings is 1. The van der Waals surface area contributed by atoms with E-state index in [4.69, 9.17) is 0 Å². The highest BCUT2D eigenvalue weighted by Crippen LogP contribution is 2.21. The van der Waals surface area contributed by atoms with Crippen LogP contribution in [0.2, 0.25) is 0 Å². The van der Waals surface area contributed by atoms with Crippen molar-refractivity contribution in [1.82, 2.24) is 14.9 Å². The number of carbonyl (C=O) groups is 2. The standard InChI is InChI=1S/C17H20N4O3/c1-9(2)18-11-4-5-13-12(8-11)17(24)21(10(3)19-13)14-6-7-15(22)20-16(14)23/h4-5,8-9,14,18H,6-7H2,1-3H3,(H,20,22,23). The van der Waals surface area contributed by atoms with Crippen LogP contribution in [0.1, 0.15) is 38.6 Å². The number of hydrogen-bond acceptors (Lipinski definition) is 5. The third kappa shape index (κ3) is 2.89. The molecule has 2 heterocycles. The Labute approximate surface area is 139 Å². The van der Waals surface area contributed by atoms with Gasteiger partial charge in [-0.05, 0) is 45.4 Å². The molecule has 7 heteroatoms. The van der Waals surface area contributed by atoms with E-state index in [1.807, 2.05) is 19.9 Å². The molecule has 0 spiro atoms. The molecule has 3 rings (SSSR count). The summed E-state index contributed by atoms with van der Waals surface area (Å²) in [4.78, 5) is 40.9. The second kappa shape index (κ2) is 6.07. The molecule has 1 atom stereocenters. The molecule has 0 radical (unpaired) electrons. The smallest absolute Gasteiger partial charge is 0.262 e. The van der Waals surface area contributed by atoms with Crippen LogP contribution in [0.15, 0.2) is 23.0 Å². The maximum absolute atomic E-state index is 12.9. The van der Waals surface area contributed by atoms with E-state index in [0.717, 1.165) is 5.69 Å². The van der Waals surface area contributed by atoms with Gasteiger partial charge in [-0.2, -0.15) is 0 Å². The third-order valence-corrected chi connectivity index (χ3v) is 4.05. The van der Waals surface area contributed by atoms with E-state index in [2.05, 4.69) is 15.6 Å². The summed E-state index contributed by atoms with van der Waals surface area (Å²) in [7, 11) is 0. The molecular formula is C17H20N4O3. The number of piperidine rings is 1. The van der Waals surface area contributed by atoms with Crippen molar-refractivity contribution in [3.8, 4) is 0 Å². The lowest BCUT2D eigenvalue weighted by Crippen LogP contribution is -2.45. The van der Waals surface area contributed by atoms with Crippen molar-refractivity contribution in [2.75, 3.05) is 5.32 Å². The summed E-state index contributed by atoms with van der Waals surface area (Å²) in [6.07, 6.45) is 0.526. The molecule has 2 N–H and O–H groups in total. The number of rotatable bonds is 3. The number of fused-ring (bicyclic) bond motifs is 1. The molecule has 1 aromatic heterocycles. The fourth-order valence-electron chi connectivity index (χ4n) is 3.03. The van der Waals surface area contributed by atoms with Gasteiger partial charge in [0.25, 0.3) is 5.56 Å². The Morgan fingerprint density at radius 1 is 1.29 bits per heavy atom. The minimum absolute atomic E-state index is 0.218. The SMILES string of the molecule is Cc1nc2ccc(NC(C)C)cc2c(=O)n1C1CCC(=O)NC1=O. The number of aryl methyl sites for hydroxylation is 1. The topological polar surface area (TPSA) is 93.1 Å². The highest BCUT2D eigenvalue weighted by Gasteiger charge is 2.30. The molecule has 126 valence electrons. The van der Waals surface area contributed by atoms with E-state index in [1.54, 1.807) is 19.1 Å². The Balaban J connectivity index is 2.12. The summed E-state index contributed by atoms with van der Waals surface area (Å²) in [5, 5.41) is 6.00. The first-order valence-corrected chi connectivity index (χ1v) is 8.00. The zero-order valence-corrected chi connectivity index (χ0v) is 13.9. The number of anilines is 1. The molecule has 0 bridgehead atoms. The van der Waals surface area contributed by atoms with Crippen LogP contribution in [-0.4, -0.2) is 27.4 Å². The third-order valence-electron chi connectivity index (χ3n) is 4.05. The van der Waals surface area contributed by atoms with E-state index >= 15 is 0 Å². The summed E-state index contributed by atoms with van der Waals surface area (Å²) in [6, 6.07) is 4.97. The Hall–Kier alpha value is -2.70. The molecule has 1 aliphatic rings. The molecular weight excluding hydrogens is 308 g/mol. The first-order chi connectivity index (χ1) is 11.4. The molecule has 0 saturated carbocycles. The van der Waals surface area contributed by atoms with E-state index in [-0.39, 0.29) is 23.9 Å². The Morgan fingerprint density at radius 2 is 2.04 bits per heavy atom. The van der Waals surface area contributed by atoms with Crippen molar-refractivity contribution in [2.45, 2.75) is 45.7 Å². The lowest BCUT2D eigenvalue weighted by Gasteiger charge is -2.24. The number of nitrogens with zero attached hydrogens (tertiary/aromatic N) is 2. The van der Waals surface area contributed by atoms with Crippen LogP contribution in [0.4, 0.5) is 5.69 Å². The molecule has 1 unspecified atom stereocenters. The van der Waals surface area contributed by atoms with Crippen LogP contribution in [0, 0.1) is 6.92 Å². The van der Waals surface area contributed by atoms with Crippen molar-refractivity contribution in [3.05, 3.63) is 34.4 Å². The fourth-order valence-corrected chi connectivity index (χ4v) is 3.03. The van der Waals surface area contributed by atoms with Crippen LogP contribution < -0.4 is 16.2 Å². The van der Waals surface area contributed by atoms with E-state index in [0.29, 0.717) is 23.1 Å².